The minimum Gasteiger partial charge on any atom is -1.00 e. The van der Waals surface area contributed by atoms with Gasteiger partial charge in [0.1, 0.15) is 4.70 Å². The maximum absolute atomic E-state index is 2.38. The third-order valence-electron chi connectivity index (χ3n) is 2.98. The molecule has 0 bridgehead atoms. The van der Waals surface area contributed by atoms with E-state index in [1.165, 1.54) is 20.8 Å². The van der Waals surface area contributed by atoms with Gasteiger partial charge in [0.25, 0.3) is 0 Å². The molecule has 3 aromatic rings. The maximum Gasteiger partial charge on any atom is 0.235 e. The zero-order valence-electron chi connectivity index (χ0n) is 10.1. The van der Waals surface area contributed by atoms with Gasteiger partial charge < -0.3 is 17.0 Å². The average molecular weight is 320 g/mol. The molecule has 0 fully saturated rings. The fraction of sp³-hybridized carbons (Fsp3) is 0.133. The Morgan fingerprint density at radius 1 is 0.944 bits per heavy atom. The molecule has 2 aromatic carbocycles. The van der Waals surface area contributed by atoms with E-state index < -0.39 is 0 Å². The average Bonchev–Trinajstić information content (AvgIpc) is 2.68. The number of halogens is 1. The zero-order valence-corrected chi connectivity index (χ0v) is 12.5. The Kier molecular flexibility index (Phi) is 4.15. The van der Waals surface area contributed by atoms with Crippen LogP contribution in [0, 0.1) is 6.92 Å². The Morgan fingerprint density at radius 2 is 1.61 bits per heavy atom. The molecule has 0 saturated heterocycles. The molecule has 18 heavy (non-hydrogen) atoms. The van der Waals surface area contributed by atoms with Crippen LogP contribution in [0.4, 0.5) is 0 Å². The number of aromatic nitrogens is 1. The number of hydrogen-bond acceptors (Lipinski definition) is 1. The fourth-order valence-electron chi connectivity index (χ4n) is 2.11. The van der Waals surface area contributed by atoms with Gasteiger partial charge >= 0.3 is 0 Å². The normalized spacial score (nSPS) is 10.3. The van der Waals surface area contributed by atoms with E-state index in [4.69, 9.17) is 0 Å². The van der Waals surface area contributed by atoms with E-state index in [-0.39, 0.29) is 17.0 Å². The van der Waals surface area contributed by atoms with Crippen molar-refractivity contribution in [3.05, 3.63) is 65.2 Å². The van der Waals surface area contributed by atoms with Crippen molar-refractivity contribution in [1.29, 1.82) is 0 Å². The van der Waals surface area contributed by atoms with Crippen molar-refractivity contribution < 1.29 is 21.5 Å². The molecule has 0 radical (unpaired) electrons. The SMILES string of the molecule is Cc1sc2ccccc2[n+]1Cc1ccccc1.[Br-]. The van der Waals surface area contributed by atoms with Crippen LogP contribution in [-0.4, -0.2) is 0 Å². The lowest BCUT2D eigenvalue weighted by atomic mass is 10.2. The number of hydrogen-bond donors (Lipinski definition) is 0. The van der Waals surface area contributed by atoms with Crippen molar-refractivity contribution in [2.45, 2.75) is 13.5 Å². The van der Waals surface area contributed by atoms with Crippen molar-refractivity contribution in [3.8, 4) is 0 Å². The monoisotopic (exact) mass is 319 g/mol. The van der Waals surface area contributed by atoms with E-state index in [0.717, 1.165) is 6.54 Å². The lowest BCUT2D eigenvalue weighted by molar-refractivity contribution is -0.664. The van der Waals surface area contributed by atoms with E-state index in [2.05, 4.69) is 66.1 Å². The molecule has 0 aliphatic carbocycles. The highest BCUT2D eigenvalue weighted by Crippen LogP contribution is 2.19. The highest BCUT2D eigenvalue weighted by molar-refractivity contribution is 7.18. The van der Waals surface area contributed by atoms with Crippen LogP contribution in [0.15, 0.2) is 54.6 Å². The van der Waals surface area contributed by atoms with E-state index in [1.54, 1.807) is 0 Å². The summed E-state index contributed by atoms with van der Waals surface area (Å²) in [5.74, 6) is 0. The second-order valence-corrected chi connectivity index (χ2v) is 5.40. The number of thiazole rings is 1. The summed E-state index contributed by atoms with van der Waals surface area (Å²) >= 11 is 1.86. The van der Waals surface area contributed by atoms with Gasteiger partial charge in [-0.05, 0) is 6.07 Å². The van der Waals surface area contributed by atoms with Gasteiger partial charge in [0.2, 0.25) is 10.5 Å². The minimum atomic E-state index is 0. The second-order valence-electron chi connectivity index (χ2n) is 4.16. The zero-order chi connectivity index (χ0) is 11.7. The summed E-state index contributed by atoms with van der Waals surface area (Å²) in [6.07, 6.45) is 0. The Morgan fingerprint density at radius 3 is 2.39 bits per heavy atom. The number of para-hydroxylation sites is 1. The Balaban J connectivity index is 0.00000120. The van der Waals surface area contributed by atoms with E-state index in [1.807, 2.05) is 11.3 Å². The molecule has 0 aliphatic heterocycles. The van der Waals surface area contributed by atoms with Crippen LogP contribution in [0.1, 0.15) is 10.6 Å². The molecular weight excluding hydrogens is 306 g/mol. The minimum absolute atomic E-state index is 0. The van der Waals surface area contributed by atoms with Gasteiger partial charge in [-0.1, -0.05) is 53.8 Å². The fourth-order valence-corrected chi connectivity index (χ4v) is 3.13. The smallest absolute Gasteiger partial charge is 0.235 e. The van der Waals surface area contributed by atoms with Crippen molar-refractivity contribution in [2.24, 2.45) is 0 Å². The topological polar surface area (TPSA) is 3.88 Å². The van der Waals surface area contributed by atoms with E-state index in [0.29, 0.717) is 0 Å². The first-order valence-corrected chi connectivity index (χ1v) is 6.58. The molecule has 0 N–H and O–H groups in total. The molecule has 92 valence electrons. The third-order valence-corrected chi connectivity index (χ3v) is 4.06. The predicted molar refractivity (Wildman–Crippen MR) is 72.3 cm³/mol. The standard InChI is InChI=1S/C15H14NS.BrH/c1-12-16(11-13-7-3-2-4-8-13)14-9-5-6-10-15(14)17-12;/h2-10H,11H2,1H3;1H/q+1;/p-1. The van der Waals surface area contributed by atoms with Gasteiger partial charge in [-0.15, -0.1) is 0 Å². The van der Waals surface area contributed by atoms with Crippen LogP contribution in [0.2, 0.25) is 0 Å². The number of rotatable bonds is 2. The summed E-state index contributed by atoms with van der Waals surface area (Å²) in [6.45, 7) is 3.14. The number of nitrogens with zero attached hydrogens (tertiary/aromatic N) is 1. The molecule has 0 aliphatic rings. The van der Waals surface area contributed by atoms with Crippen LogP contribution in [0.25, 0.3) is 10.2 Å². The van der Waals surface area contributed by atoms with Gasteiger partial charge in [0.15, 0.2) is 6.54 Å². The van der Waals surface area contributed by atoms with Gasteiger partial charge in [0.05, 0.1) is 0 Å². The molecule has 0 spiro atoms. The van der Waals surface area contributed by atoms with Gasteiger partial charge in [0, 0.05) is 18.6 Å². The van der Waals surface area contributed by atoms with Crippen molar-refractivity contribution in [3.63, 3.8) is 0 Å². The molecule has 0 unspecified atom stereocenters. The molecule has 0 saturated carbocycles. The van der Waals surface area contributed by atoms with Crippen LogP contribution in [0.3, 0.4) is 0 Å². The lowest BCUT2D eigenvalue weighted by Gasteiger charge is -1.97. The van der Waals surface area contributed by atoms with Crippen molar-refractivity contribution in [1.82, 2.24) is 0 Å². The molecular formula is C15H14BrNS. The number of fused-ring (bicyclic) bond motifs is 1. The first-order chi connectivity index (χ1) is 8.34. The maximum atomic E-state index is 2.38. The van der Waals surface area contributed by atoms with Crippen LogP contribution in [-0.2, 0) is 6.54 Å². The molecule has 0 atom stereocenters. The molecule has 1 heterocycles. The van der Waals surface area contributed by atoms with E-state index >= 15 is 0 Å². The summed E-state index contributed by atoms with van der Waals surface area (Å²) in [5.41, 5.74) is 2.68. The first kappa shape index (κ1) is 13.2. The van der Waals surface area contributed by atoms with Gasteiger partial charge in [-0.3, -0.25) is 0 Å². The van der Waals surface area contributed by atoms with Crippen LogP contribution in [0.5, 0.6) is 0 Å². The summed E-state index contributed by atoms with van der Waals surface area (Å²) in [4.78, 5) is 0. The van der Waals surface area contributed by atoms with Crippen LogP contribution < -0.4 is 21.5 Å². The number of benzene rings is 2. The summed E-state index contributed by atoms with van der Waals surface area (Å²) < 4.78 is 3.75. The summed E-state index contributed by atoms with van der Waals surface area (Å²) in [5, 5.41) is 1.36. The molecule has 1 aromatic heterocycles. The largest absolute Gasteiger partial charge is 1.00 e. The van der Waals surface area contributed by atoms with Crippen molar-refractivity contribution >= 4 is 21.6 Å². The molecule has 1 nitrogen and oxygen atoms in total. The quantitative estimate of drug-likeness (QED) is 0.607. The molecule has 0 amide bonds. The Labute approximate surface area is 121 Å². The first-order valence-electron chi connectivity index (χ1n) is 5.76. The van der Waals surface area contributed by atoms with Crippen LogP contribution >= 0.6 is 11.3 Å². The van der Waals surface area contributed by atoms with Gasteiger partial charge in [-0.2, -0.15) is 4.57 Å². The summed E-state index contributed by atoms with van der Waals surface area (Å²) in [7, 11) is 0. The van der Waals surface area contributed by atoms with Crippen molar-refractivity contribution in [2.75, 3.05) is 0 Å². The highest BCUT2D eigenvalue weighted by Gasteiger charge is 2.16. The predicted octanol–water partition coefficient (Wildman–Crippen LogP) is 0.550. The van der Waals surface area contributed by atoms with Gasteiger partial charge in [-0.25, -0.2) is 0 Å². The molecule has 3 rings (SSSR count). The summed E-state index contributed by atoms with van der Waals surface area (Å²) in [6, 6.07) is 19.2. The Hall–Kier alpha value is -1.19. The second kappa shape index (κ2) is 5.63. The highest BCUT2D eigenvalue weighted by atomic mass is 79.9. The van der Waals surface area contributed by atoms with E-state index in [9.17, 15) is 0 Å². The molecule has 3 heteroatoms. The number of aryl methyl sites for hydroxylation is 1. The lowest BCUT2D eigenvalue weighted by Crippen LogP contribution is -3.00. The third kappa shape index (κ3) is 2.47. The Bertz CT molecular complexity index is 646.